The van der Waals surface area contributed by atoms with E-state index in [-0.39, 0.29) is 17.1 Å². The Bertz CT molecular complexity index is 1440. The van der Waals surface area contributed by atoms with Crippen LogP contribution < -0.4 is 10.2 Å². The van der Waals surface area contributed by atoms with Gasteiger partial charge in [-0.2, -0.15) is 0 Å². The van der Waals surface area contributed by atoms with E-state index in [1.165, 1.54) is 0 Å². The van der Waals surface area contributed by atoms with Gasteiger partial charge in [-0.05, 0) is 72.5 Å². The lowest BCUT2D eigenvalue weighted by atomic mass is 9.97. The highest BCUT2D eigenvalue weighted by Gasteiger charge is 2.42. The van der Waals surface area contributed by atoms with Crippen molar-refractivity contribution in [1.29, 1.82) is 0 Å². The summed E-state index contributed by atoms with van der Waals surface area (Å²) >= 11 is 6.11. The van der Waals surface area contributed by atoms with Gasteiger partial charge in [0.2, 0.25) is 5.76 Å². The second-order valence-corrected chi connectivity index (χ2v) is 8.78. The Morgan fingerprint density at radius 3 is 2.30 bits per heavy atom. The van der Waals surface area contributed by atoms with Crippen molar-refractivity contribution in [1.82, 2.24) is 4.90 Å². The molecule has 1 aliphatic rings. The molecule has 2 heterocycles. The Hall–Kier alpha value is -3.57. The van der Waals surface area contributed by atoms with Crippen LogP contribution in [0.1, 0.15) is 44.4 Å². The molecule has 0 saturated carbocycles. The number of halogens is 1. The number of benzene rings is 3. The largest absolute Gasteiger partial charge is 0.497 e. The summed E-state index contributed by atoms with van der Waals surface area (Å²) in [5.41, 5.74) is 4.33. The standard InChI is InChI=1S/C27H22ClNO4/c1-15-12-21-22(13-16(15)2)33-26-23(25(21)30)24(18-6-8-19(28)9-7-18)29(27(26)31)14-17-4-10-20(32-3)11-5-17/h4-13,24H,14H2,1-3H3/t24-/m0/s1. The molecule has 1 aliphatic heterocycles. The Kier molecular flexibility index (Phi) is 5.22. The maximum atomic E-state index is 13.7. The third-order valence-electron chi connectivity index (χ3n) is 6.28. The first-order valence-electron chi connectivity index (χ1n) is 10.6. The Labute approximate surface area is 196 Å². The molecule has 5 rings (SSSR count). The van der Waals surface area contributed by atoms with Crippen molar-refractivity contribution < 1.29 is 13.9 Å². The summed E-state index contributed by atoms with van der Waals surface area (Å²) in [6.07, 6.45) is 0. The maximum absolute atomic E-state index is 13.7. The van der Waals surface area contributed by atoms with Gasteiger partial charge in [0.1, 0.15) is 11.3 Å². The van der Waals surface area contributed by atoms with Crippen molar-refractivity contribution in [3.63, 3.8) is 0 Å². The van der Waals surface area contributed by atoms with Crippen LogP contribution in [0.4, 0.5) is 0 Å². The van der Waals surface area contributed by atoms with Crippen molar-refractivity contribution >= 4 is 28.5 Å². The van der Waals surface area contributed by atoms with Crippen molar-refractivity contribution in [3.8, 4) is 5.75 Å². The molecule has 0 unspecified atom stereocenters. The summed E-state index contributed by atoms with van der Waals surface area (Å²) in [6, 6.07) is 17.8. The normalized spacial score (nSPS) is 15.2. The molecular weight excluding hydrogens is 438 g/mol. The van der Waals surface area contributed by atoms with E-state index in [0.717, 1.165) is 28.0 Å². The molecule has 1 atom stereocenters. The minimum Gasteiger partial charge on any atom is -0.497 e. The third-order valence-corrected chi connectivity index (χ3v) is 6.53. The van der Waals surface area contributed by atoms with Gasteiger partial charge in [-0.3, -0.25) is 9.59 Å². The van der Waals surface area contributed by atoms with Gasteiger partial charge in [0.25, 0.3) is 5.91 Å². The van der Waals surface area contributed by atoms with Crippen molar-refractivity contribution in [2.45, 2.75) is 26.4 Å². The molecular formula is C27H22ClNO4. The molecule has 4 aromatic rings. The number of amides is 1. The number of rotatable bonds is 4. The number of hydrogen-bond donors (Lipinski definition) is 0. The highest BCUT2D eigenvalue weighted by atomic mass is 35.5. The smallest absolute Gasteiger partial charge is 0.291 e. The molecule has 5 nitrogen and oxygen atoms in total. The molecule has 0 aliphatic carbocycles. The fraction of sp³-hybridized carbons (Fsp3) is 0.185. The van der Waals surface area contributed by atoms with Crippen LogP contribution in [0.2, 0.25) is 5.02 Å². The van der Waals surface area contributed by atoms with E-state index in [2.05, 4.69) is 0 Å². The average molecular weight is 460 g/mol. The lowest BCUT2D eigenvalue weighted by Crippen LogP contribution is -2.29. The maximum Gasteiger partial charge on any atom is 0.291 e. The number of nitrogens with zero attached hydrogens (tertiary/aromatic N) is 1. The molecule has 6 heteroatoms. The summed E-state index contributed by atoms with van der Waals surface area (Å²) in [5.74, 6) is 0.528. The molecule has 33 heavy (non-hydrogen) atoms. The highest BCUT2D eigenvalue weighted by molar-refractivity contribution is 6.30. The first kappa shape index (κ1) is 21.3. The van der Waals surface area contributed by atoms with E-state index < -0.39 is 6.04 Å². The predicted molar refractivity (Wildman–Crippen MR) is 128 cm³/mol. The number of methoxy groups -OCH3 is 1. The van der Waals surface area contributed by atoms with Crippen molar-refractivity contribution in [3.05, 3.63) is 109 Å². The van der Waals surface area contributed by atoms with Gasteiger partial charge in [0, 0.05) is 11.6 Å². The van der Waals surface area contributed by atoms with Crippen LogP contribution in [0.3, 0.4) is 0 Å². The van der Waals surface area contributed by atoms with Crippen molar-refractivity contribution in [2.24, 2.45) is 0 Å². The van der Waals surface area contributed by atoms with Gasteiger partial charge in [0.05, 0.1) is 24.1 Å². The van der Waals surface area contributed by atoms with Crippen LogP contribution >= 0.6 is 11.6 Å². The molecule has 0 spiro atoms. The first-order chi connectivity index (χ1) is 15.9. The van der Waals surface area contributed by atoms with Crippen LogP contribution in [0, 0.1) is 13.8 Å². The van der Waals surface area contributed by atoms with Crippen LogP contribution in [-0.4, -0.2) is 17.9 Å². The number of hydrogen-bond acceptors (Lipinski definition) is 4. The van der Waals surface area contributed by atoms with Crippen LogP contribution in [-0.2, 0) is 6.54 Å². The highest BCUT2D eigenvalue weighted by Crippen LogP contribution is 2.39. The Morgan fingerprint density at radius 2 is 1.64 bits per heavy atom. The van der Waals surface area contributed by atoms with E-state index in [4.69, 9.17) is 20.8 Å². The van der Waals surface area contributed by atoms with Gasteiger partial charge in [-0.15, -0.1) is 0 Å². The molecule has 0 fully saturated rings. The monoisotopic (exact) mass is 459 g/mol. The minimum atomic E-state index is -0.575. The minimum absolute atomic E-state index is 0.101. The van der Waals surface area contributed by atoms with Gasteiger partial charge in [0.15, 0.2) is 5.43 Å². The molecule has 0 radical (unpaired) electrons. The predicted octanol–water partition coefficient (Wildman–Crippen LogP) is 5.82. The fourth-order valence-electron chi connectivity index (χ4n) is 4.36. The van der Waals surface area contributed by atoms with Gasteiger partial charge in [-0.1, -0.05) is 35.9 Å². The van der Waals surface area contributed by atoms with Gasteiger partial charge in [-0.25, -0.2) is 0 Å². The lowest BCUT2D eigenvalue weighted by Gasteiger charge is -2.25. The number of fused-ring (bicyclic) bond motifs is 2. The Balaban J connectivity index is 1.70. The zero-order valence-corrected chi connectivity index (χ0v) is 19.3. The number of aryl methyl sites for hydroxylation is 2. The molecule has 166 valence electrons. The number of ether oxygens (including phenoxy) is 1. The topological polar surface area (TPSA) is 59.8 Å². The van der Waals surface area contributed by atoms with E-state index in [0.29, 0.717) is 28.1 Å². The second-order valence-electron chi connectivity index (χ2n) is 8.34. The Morgan fingerprint density at radius 1 is 0.970 bits per heavy atom. The van der Waals surface area contributed by atoms with Crippen molar-refractivity contribution in [2.75, 3.05) is 7.11 Å². The second kappa shape index (κ2) is 8.09. The number of carbonyl (C=O) groups excluding carboxylic acids is 1. The van der Waals surface area contributed by atoms with Gasteiger partial charge < -0.3 is 14.1 Å². The van der Waals surface area contributed by atoms with Gasteiger partial charge >= 0.3 is 0 Å². The van der Waals surface area contributed by atoms with E-state index >= 15 is 0 Å². The molecule has 0 saturated heterocycles. The lowest BCUT2D eigenvalue weighted by molar-refractivity contribution is 0.0714. The van der Waals surface area contributed by atoms with E-state index in [1.807, 2.05) is 62.4 Å². The van der Waals surface area contributed by atoms with E-state index in [1.54, 1.807) is 24.1 Å². The first-order valence-corrected chi connectivity index (χ1v) is 11.0. The quantitative estimate of drug-likeness (QED) is 0.386. The van der Waals surface area contributed by atoms with E-state index in [9.17, 15) is 9.59 Å². The summed E-state index contributed by atoms with van der Waals surface area (Å²) in [6.45, 7) is 4.23. The molecule has 0 bridgehead atoms. The summed E-state index contributed by atoms with van der Waals surface area (Å²) in [5, 5.41) is 1.07. The third kappa shape index (κ3) is 3.58. The number of carbonyl (C=O) groups is 1. The molecule has 1 amide bonds. The average Bonchev–Trinajstić information content (AvgIpc) is 3.08. The zero-order valence-electron chi connectivity index (χ0n) is 18.5. The summed E-state index contributed by atoms with van der Waals surface area (Å²) < 4.78 is 11.3. The fourth-order valence-corrected chi connectivity index (χ4v) is 4.48. The van der Waals surface area contributed by atoms with Crippen LogP contribution in [0.15, 0.2) is 69.9 Å². The van der Waals surface area contributed by atoms with Crippen LogP contribution in [0.25, 0.3) is 11.0 Å². The zero-order chi connectivity index (χ0) is 23.3. The molecule has 1 aromatic heterocycles. The molecule has 3 aromatic carbocycles. The molecule has 0 N–H and O–H groups in total. The summed E-state index contributed by atoms with van der Waals surface area (Å²) in [4.78, 5) is 28.9. The summed E-state index contributed by atoms with van der Waals surface area (Å²) in [7, 11) is 1.61. The van der Waals surface area contributed by atoms with Crippen LogP contribution in [0.5, 0.6) is 5.75 Å². The SMILES string of the molecule is COc1ccc(CN2C(=O)c3oc4cc(C)c(C)cc4c(=O)c3[C@@H]2c2ccc(Cl)cc2)cc1.